The SMILES string of the molecule is O=C(NCSCSC/N=C/[S+]([O-])CSCSCSC(=O)NCSCSC/N=C/[S+]([O-])CCCO)SCCCO. The Kier molecular flexibility index (Phi) is 33.9. The zero-order chi connectivity index (χ0) is 28.8. The molecule has 0 aromatic carbocycles. The number of rotatable bonds is 26. The molecule has 0 aliphatic carbocycles. The van der Waals surface area contributed by atoms with Gasteiger partial charge in [0.25, 0.3) is 10.5 Å². The second-order valence-corrected chi connectivity index (χ2v) is 18.8. The zero-order valence-electron chi connectivity index (χ0n) is 21.3. The van der Waals surface area contributed by atoms with Crippen LogP contribution in [-0.4, -0.2) is 115 Å². The first-order chi connectivity index (χ1) is 19.0. The van der Waals surface area contributed by atoms with Gasteiger partial charge in [0.15, 0.2) is 5.08 Å². The number of aliphatic hydroxyl groups excluding tert-OH is 2. The molecule has 0 aromatic rings. The van der Waals surface area contributed by atoms with Crippen molar-refractivity contribution in [2.24, 2.45) is 9.98 Å². The molecule has 228 valence electrons. The summed E-state index contributed by atoms with van der Waals surface area (Å²) in [6.07, 6.45) is 1.11. The molecule has 0 heterocycles. The van der Waals surface area contributed by atoms with Crippen LogP contribution in [0.2, 0.25) is 0 Å². The number of aliphatic imine (C=N–C) groups is 2. The largest absolute Gasteiger partial charge is 0.611 e. The average Bonchev–Trinajstić information content (AvgIpc) is 2.92. The summed E-state index contributed by atoms with van der Waals surface area (Å²) in [6.45, 7) is 0.125. The van der Waals surface area contributed by atoms with Gasteiger partial charge in [0, 0.05) is 56.9 Å². The highest BCUT2D eigenvalue weighted by atomic mass is 32.3. The molecule has 0 rings (SSSR count). The van der Waals surface area contributed by atoms with Crippen LogP contribution < -0.4 is 10.6 Å². The number of amides is 2. The molecule has 0 bridgehead atoms. The summed E-state index contributed by atoms with van der Waals surface area (Å²) in [7, 11) is 0. The predicted octanol–water partition coefficient (Wildman–Crippen LogP) is 4.21. The molecule has 0 aliphatic heterocycles. The molecule has 0 saturated heterocycles. The fourth-order valence-corrected chi connectivity index (χ4v) is 10.9. The molecule has 0 aliphatic rings. The van der Waals surface area contributed by atoms with Crippen LogP contribution in [0.4, 0.5) is 9.59 Å². The van der Waals surface area contributed by atoms with Crippen molar-refractivity contribution in [3.05, 3.63) is 0 Å². The van der Waals surface area contributed by atoms with Gasteiger partial charge in [0.05, 0.1) is 23.5 Å². The first-order valence-electron chi connectivity index (χ1n) is 11.2. The van der Waals surface area contributed by atoms with Crippen LogP contribution in [-0.2, 0) is 22.4 Å². The number of carbonyl (C=O) groups excluding carboxylic acids is 2. The fraction of sp³-hybridized carbons (Fsp3) is 0.789. The van der Waals surface area contributed by atoms with E-state index in [0.717, 1.165) is 15.3 Å². The van der Waals surface area contributed by atoms with Crippen LogP contribution in [0.1, 0.15) is 12.8 Å². The van der Waals surface area contributed by atoms with Gasteiger partial charge in [-0.1, -0.05) is 35.3 Å². The third-order valence-corrected chi connectivity index (χ3v) is 14.2. The van der Waals surface area contributed by atoms with Crippen molar-refractivity contribution in [2.45, 2.75) is 12.8 Å². The molecule has 39 heavy (non-hydrogen) atoms. The number of hydrogen-bond donors (Lipinski definition) is 4. The lowest BCUT2D eigenvalue weighted by Crippen LogP contribution is -2.18. The summed E-state index contributed by atoms with van der Waals surface area (Å²) >= 11 is 9.58. The first kappa shape index (κ1) is 40.6. The van der Waals surface area contributed by atoms with E-state index >= 15 is 0 Å². The van der Waals surface area contributed by atoms with Gasteiger partial charge >= 0.3 is 0 Å². The number of nitrogens with one attached hydrogen (secondary N) is 2. The number of hydrogen-bond acceptors (Lipinski definition) is 16. The van der Waals surface area contributed by atoms with E-state index in [2.05, 4.69) is 20.6 Å². The number of thioether (sulfide) groups is 8. The number of carbonyl (C=O) groups is 2. The van der Waals surface area contributed by atoms with Gasteiger partial charge in [0.2, 0.25) is 11.1 Å². The Bertz CT molecular complexity index is 660. The molecule has 20 heteroatoms. The van der Waals surface area contributed by atoms with Gasteiger partial charge in [-0.05, 0) is 17.6 Å². The topological polar surface area (TPSA) is 169 Å². The Morgan fingerprint density at radius 3 is 1.90 bits per heavy atom. The van der Waals surface area contributed by atoms with Gasteiger partial charge < -0.3 is 30.0 Å². The van der Waals surface area contributed by atoms with Crippen molar-refractivity contribution < 1.29 is 28.9 Å². The minimum absolute atomic E-state index is 0.0332. The molecule has 0 radical (unpaired) electrons. The number of nitrogens with zero attached hydrogens (tertiary/aromatic N) is 2. The molecule has 2 unspecified atom stereocenters. The van der Waals surface area contributed by atoms with Crippen molar-refractivity contribution in [3.8, 4) is 0 Å². The highest BCUT2D eigenvalue weighted by molar-refractivity contribution is 8.29. The van der Waals surface area contributed by atoms with E-state index in [1.807, 2.05) is 0 Å². The second-order valence-electron chi connectivity index (χ2n) is 6.48. The summed E-state index contributed by atoms with van der Waals surface area (Å²) in [5.74, 6) is 3.10. The van der Waals surface area contributed by atoms with E-state index in [0.29, 0.717) is 58.0 Å². The van der Waals surface area contributed by atoms with Gasteiger partial charge in [-0.15, -0.1) is 58.8 Å². The average molecular weight is 737 g/mol. The molecule has 2 atom stereocenters. The molecule has 0 spiro atoms. The van der Waals surface area contributed by atoms with Gasteiger partial charge in [-0.2, -0.15) is 0 Å². The van der Waals surface area contributed by atoms with Crippen molar-refractivity contribution in [3.63, 3.8) is 0 Å². The lowest BCUT2D eigenvalue weighted by atomic mass is 10.5. The van der Waals surface area contributed by atoms with Crippen LogP contribution in [0.3, 0.4) is 0 Å². The van der Waals surface area contributed by atoms with E-state index < -0.39 is 22.4 Å². The normalized spacial score (nSPS) is 13.2. The fourth-order valence-electron chi connectivity index (χ4n) is 1.75. The summed E-state index contributed by atoms with van der Waals surface area (Å²) in [5.41, 5.74) is 2.89. The van der Waals surface area contributed by atoms with E-state index in [-0.39, 0.29) is 23.7 Å². The summed E-state index contributed by atoms with van der Waals surface area (Å²) in [6, 6.07) is 0. The predicted molar refractivity (Wildman–Crippen MR) is 188 cm³/mol. The Hall–Kier alpha value is 1.62. The van der Waals surface area contributed by atoms with Crippen LogP contribution >= 0.6 is 94.1 Å². The Balaban J connectivity index is 3.46. The Morgan fingerprint density at radius 2 is 1.28 bits per heavy atom. The van der Waals surface area contributed by atoms with E-state index in [1.54, 1.807) is 70.6 Å². The monoisotopic (exact) mass is 736 g/mol. The smallest absolute Gasteiger partial charge is 0.280 e. The van der Waals surface area contributed by atoms with E-state index in [4.69, 9.17) is 10.2 Å². The van der Waals surface area contributed by atoms with Gasteiger partial charge in [-0.25, -0.2) is 9.98 Å². The minimum atomic E-state index is -1.13. The standard InChI is InChI=1S/C19H36N4O6S10/c24-3-1-5-36-18(26)22-9-32-14-31-8-21-12-39(29)17-35-15-34-16-37-19(27)23-10-33-13-30-7-20-11-38(28)6-2-4-25/h11-12,24-25H,1-10,13-17H2,(H,22,26)(H,23,27)/b20-11+,21-12+. The van der Waals surface area contributed by atoms with Crippen LogP contribution in [0.5, 0.6) is 0 Å². The molecule has 0 saturated carbocycles. The highest BCUT2D eigenvalue weighted by Crippen LogP contribution is 2.20. The minimum Gasteiger partial charge on any atom is -0.611 e. The first-order valence-corrected chi connectivity index (χ1v) is 22.9. The van der Waals surface area contributed by atoms with Gasteiger partial charge in [-0.3, -0.25) is 9.59 Å². The quantitative estimate of drug-likeness (QED) is 0.0328. The third kappa shape index (κ3) is 32.4. The van der Waals surface area contributed by atoms with E-state index in [9.17, 15) is 18.7 Å². The second kappa shape index (κ2) is 32.5. The maximum Gasteiger partial charge on any atom is 0.280 e. The maximum absolute atomic E-state index is 11.9. The maximum atomic E-state index is 11.9. The van der Waals surface area contributed by atoms with Crippen LogP contribution in [0.15, 0.2) is 9.98 Å². The highest BCUT2D eigenvalue weighted by Gasteiger charge is 2.05. The van der Waals surface area contributed by atoms with Crippen molar-refractivity contribution >= 4 is 138 Å². The molecular weight excluding hydrogens is 701 g/mol. The lowest BCUT2D eigenvalue weighted by molar-refractivity contribution is 0.261. The van der Waals surface area contributed by atoms with Crippen LogP contribution in [0, 0.1) is 0 Å². The Morgan fingerprint density at radius 1 is 0.718 bits per heavy atom. The van der Waals surface area contributed by atoms with Crippen molar-refractivity contribution in [1.29, 1.82) is 0 Å². The summed E-state index contributed by atoms with van der Waals surface area (Å²) < 4.78 is 23.4. The molecular formula is C19H36N4O6S10. The zero-order valence-corrected chi connectivity index (χ0v) is 29.4. The number of aliphatic hydroxyl groups is 2. The summed E-state index contributed by atoms with van der Waals surface area (Å²) in [5, 5.41) is 26.2. The molecule has 0 aromatic heterocycles. The van der Waals surface area contributed by atoms with Gasteiger partial charge in [0.1, 0.15) is 5.75 Å². The van der Waals surface area contributed by atoms with Crippen molar-refractivity contribution in [2.75, 3.05) is 73.7 Å². The molecule has 10 nitrogen and oxygen atoms in total. The third-order valence-electron chi connectivity index (χ3n) is 3.37. The van der Waals surface area contributed by atoms with Crippen molar-refractivity contribution in [1.82, 2.24) is 10.6 Å². The molecule has 2 amide bonds. The summed E-state index contributed by atoms with van der Waals surface area (Å²) in [4.78, 5) is 31.5. The van der Waals surface area contributed by atoms with Crippen LogP contribution in [0.25, 0.3) is 0 Å². The lowest BCUT2D eigenvalue weighted by Gasteiger charge is -2.06. The molecule has 0 fully saturated rings. The Labute approximate surface area is 271 Å². The molecule has 4 N–H and O–H groups in total. The van der Waals surface area contributed by atoms with E-state index in [1.165, 1.54) is 34.6 Å².